The minimum absolute atomic E-state index is 0.0472. The molecule has 2 N–H and O–H groups in total. The summed E-state index contributed by atoms with van der Waals surface area (Å²) in [5.41, 5.74) is 2.55. The van der Waals surface area contributed by atoms with Gasteiger partial charge in [-0.15, -0.1) is 0 Å². The number of methoxy groups -OCH3 is 1. The summed E-state index contributed by atoms with van der Waals surface area (Å²) in [6, 6.07) is 12.3. The van der Waals surface area contributed by atoms with Crippen molar-refractivity contribution < 1.29 is 17.9 Å². The van der Waals surface area contributed by atoms with Crippen LogP contribution in [-0.2, 0) is 16.4 Å². The standard InChI is InChI=1S/C21H26N2O4S/c1-14(2)13-22-28(25,26)16-9-11-20(27-3)18(12-16)21(24)23-19-10-8-15-6-4-5-7-17(15)19/h4-7,9,11-12,14,19,22H,8,10,13H2,1-3H3,(H,23,24). The average Bonchev–Trinajstić information content (AvgIpc) is 3.09. The number of benzene rings is 2. The predicted molar refractivity (Wildman–Crippen MR) is 108 cm³/mol. The van der Waals surface area contributed by atoms with E-state index in [1.165, 1.54) is 30.9 Å². The van der Waals surface area contributed by atoms with Crippen LogP contribution in [0.3, 0.4) is 0 Å². The highest BCUT2D eigenvalue weighted by Gasteiger charge is 2.26. The maximum absolute atomic E-state index is 12.9. The van der Waals surface area contributed by atoms with Gasteiger partial charge in [0.1, 0.15) is 5.75 Å². The molecule has 1 atom stereocenters. The van der Waals surface area contributed by atoms with Crippen LogP contribution in [0.2, 0.25) is 0 Å². The van der Waals surface area contributed by atoms with Gasteiger partial charge >= 0.3 is 0 Å². The molecule has 2 aromatic carbocycles. The molecule has 6 nitrogen and oxygen atoms in total. The molecule has 0 saturated heterocycles. The van der Waals surface area contributed by atoms with E-state index in [-0.39, 0.29) is 28.3 Å². The van der Waals surface area contributed by atoms with Gasteiger partial charge < -0.3 is 10.1 Å². The van der Waals surface area contributed by atoms with E-state index in [0.717, 1.165) is 18.4 Å². The van der Waals surface area contributed by atoms with Crippen LogP contribution in [0.5, 0.6) is 5.75 Å². The highest BCUT2D eigenvalue weighted by Crippen LogP contribution is 2.31. The van der Waals surface area contributed by atoms with Crippen LogP contribution in [0.1, 0.15) is 47.8 Å². The Morgan fingerprint density at radius 3 is 2.68 bits per heavy atom. The minimum atomic E-state index is -3.70. The zero-order valence-corrected chi connectivity index (χ0v) is 17.2. The third-order valence-electron chi connectivity index (χ3n) is 4.85. The fourth-order valence-electron chi connectivity index (χ4n) is 3.33. The summed E-state index contributed by atoms with van der Waals surface area (Å²) < 4.78 is 32.9. The summed E-state index contributed by atoms with van der Waals surface area (Å²) >= 11 is 0. The molecule has 1 aliphatic carbocycles. The number of nitrogens with one attached hydrogen (secondary N) is 2. The molecular formula is C21H26N2O4S. The normalized spacial score (nSPS) is 16.1. The highest BCUT2D eigenvalue weighted by atomic mass is 32.2. The number of ether oxygens (including phenoxy) is 1. The lowest BCUT2D eigenvalue weighted by atomic mass is 10.1. The Kier molecular flexibility index (Phi) is 6.05. The summed E-state index contributed by atoms with van der Waals surface area (Å²) in [5.74, 6) is 0.171. The van der Waals surface area contributed by atoms with Crippen LogP contribution in [0, 0.1) is 5.92 Å². The van der Waals surface area contributed by atoms with Crippen molar-refractivity contribution in [1.82, 2.24) is 10.0 Å². The van der Waals surface area contributed by atoms with Gasteiger partial charge in [-0.2, -0.15) is 0 Å². The van der Waals surface area contributed by atoms with Crippen LogP contribution in [-0.4, -0.2) is 28.0 Å². The van der Waals surface area contributed by atoms with E-state index >= 15 is 0 Å². The molecule has 150 valence electrons. The molecule has 0 spiro atoms. The van der Waals surface area contributed by atoms with E-state index < -0.39 is 10.0 Å². The molecule has 3 rings (SSSR count). The van der Waals surface area contributed by atoms with Crippen molar-refractivity contribution in [2.45, 2.75) is 37.6 Å². The molecule has 1 unspecified atom stereocenters. The molecule has 0 heterocycles. The lowest BCUT2D eigenvalue weighted by Crippen LogP contribution is -2.29. The van der Waals surface area contributed by atoms with Gasteiger partial charge in [0.15, 0.2) is 0 Å². The summed E-state index contributed by atoms with van der Waals surface area (Å²) in [7, 11) is -2.24. The maximum atomic E-state index is 12.9. The summed E-state index contributed by atoms with van der Waals surface area (Å²) in [6.45, 7) is 4.18. The van der Waals surface area contributed by atoms with Crippen LogP contribution in [0.25, 0.3) is 0 Å². The van der Waals surface area contributed by atoms with Crippen molar-refractivity contribution in [2.75, 3.05) is 13.7 Å². The van der Waals surface area contributed by atoms with Crippen molar-refractivity contribution in [3.8, 4) is 5.75 Å². The summed E-state index contributed by atoms with van der Waals surface area (Å²) in [4.78, 5) is 13.0. The third-order valence-corrected chi connectivity index (χ3v) is 6.27. The van der Waals surface area contributed by atoms with Crippen molar-refractivity contribution >= 4 is 15.9 Å². The molecule has 0 radical (unpaired) electrons. The van der Waals surface area contributed by atoms with Gasteiger partial charge in [-0.05, 0) is 48.1 Å². The first-order valence-electron chi connectivity index (χ1n) is 9.38. The first-order chi connectivity index (χ1) is 13.3. The fraction of sp³-hybridized carbons (Fsp3) is 0.381. The van der Waals surface area contributed by atoms with E-state index in [0.29, 0.717) is 12.3 Å². The van der Waals surface area contributed by atoms with Gasteiger partial charge in [0.25, 0.3) is 5.91 Å². The number of carbonyl (C=O) groups is 1. The summed E-state index contributed by atoms with van der Waals surface area (Å²) in [6.07, 6.45) is 1.73. The molecular weight excluding hydrogens is 376 g/mol. The first-order valence-corrected chi connectivity index (χ1v) is 10.9. The number of hydrogen-bond acceptors (Lipinski definition) is 4. The van der Waals surface area contributed by atoms with Gasteiger partial charge in [-0.1, -0.05) is 38.1 Å². The molecule has 0 aliphatic heterocycles. The Balaban J connectivity index is 1.85. The van der Waals surface area contributed by atoms with Crippen molar-refractivity contribution in [2.24, 2.45) is 5.92 Å². The molecule has 1 aliphatic rings. The van der Waals surface area contributed by atoms with Crippen LogP contribution < -0.4 is 14.8 Å². The number of carbonyl (C=O) groups excluding carboxylic acids is 1. The van der Waals surface area contributed by atoms with E-state index in [1.54, 1.807) is 0 Å². The van der Waals surface area contributed by atoms with Gasteiger partial charge in [0.05, 0.1) is 23.6 Å². The number of amides is 1. The number of hydrogen-bond donors (Lipinski definition) is 2. The quantitative estimate of drug-likeness (QED) is 0.746. The van der Waals surface area contributed by atoms with E-state index in [1.807, 2.05) is 32.0 Å². The molecule has 0 fully saturated rings. The lowest BCUT2D eigenvalue weighted by Gasteiger charge is -2.17. The monoisotopic (exact) mass is 402 g/mol. The Hall–Kier alpha value is -2.38. The second-order valence-electron chi connectivity index (χ2n) is 7.37. The van der Waals surface area contributed by atoms with E-state index in [9.17, 15) is 13.2 Å². The highest BCUT2D eigenvalue weighted by molar-refractivity contribution is 7.89. The number of rotatable bonds is 7. The maximum Gasteiger partial charge on any atom is 0.255 e. The Morgan fingerprint density at radius 2 is 1.96 bits per heavy atom. The van der Waals surface area contributed by atoms with Crippen molar-refractivity contribution in [3.05, 3.63) is 59.2 Å². The minimum Gasteiger partial charge on any atom is -0.496 e. The molecule has 28 heavy (non-hydrogen) atoms. The SMILES string of the molecule is COc1ccc(S(=O)(=O)NCC(C)C)cc1C(=O)NC1CCc2ccccc21. The van der Waals surface area contributed by atoms with E-state index in [4.69, 9.17) is 4.74 Å². The second kappa shape index (κ2) is 8.32. The zero-order chi connectivity index (χ0) is 20.3. The number of aryl methyl sites for hydroxylation is 1. The van der Waals surface area contributed by atoms with Crippen molar-refractivity contribution in [3.63, 3.8) is 0 Å². The third kappa shape index (κ3) is 4.36. The van der Waals surface area contributed by atoms with Crippen LogP contribution in [0.15, 0.2) is 47.4 Å². The van der Waals surface area contributed by atoms with E-state index in [2.05, 4.69) is 16.1 Å². The first kappa shape index (κ1) is 20.4. The molecule has 0 saturated carbocycles. The number of fused-ring (bicyclic) bond motifs is 1. The Labute approximate surface area is 166 Å². The van der Waals surface area contributed by atoms with Gasteiger partial charge in [0, 0.05) is 6.54 Å². The largest absolute Gasteiger partial charge is 0.496 e. The lowest BCUT2D eigenvalue weighted by molar-refractivity contribution is 0.0933. The van der Waals surface area contributed by atoms with Gasteiger partial charge in [0.2, 0.25) is 10.0 Å². The topological polar surface area (TPSA) is 84.5 Å². The van der Waals surface area contributed by atoms with Crippen molar-refractivity contribution in [1.29, 1.82) is 0 Å². The Bertz CT molecular complexity index is 970. The molecule has 2 aromatic rings. The number of sulfonamides is 1. The molecule has 0 bridgehead atoms. The van der Waals surface area contributed by atoms with Crippen LogP contribution in [0.4, 0.5) is 0 Å². The zero-order valence-electron chi connectivity index (χ0n) is 16.4. The average molecular weight is 403 g/mol. The molecule has 7 heteroatoms. The fourth-order valence-corrected chi connectivity index (χ4v) is 4.57. The second-order valence-corrected chi connectivity index (χ2v) is 9.14. The molecule has 1 amide bonds. The van der Waals surface area contributed by atoms with Gasteiger partial charge in [-0.3, -0.25) is 4.79 Å². The smallest absolute Gasteiger partial charge is 0.255 e. The predicted octanol–water partition coefficient (Wildman–Crippen LogP) is 3.05. The molecule has 0 aromatic heterocycles. The Morgan fingerprint density at radius 1 is 1.21 bits per heavy atom. The van der Waals surface area contributed by atoms with Gasteiger partial charge in [-0.25, -0.2) is 13.1 Å². The van der Waals surface area contributed by atoms with Crippen LogP contribution >= 0.6 is 0 Å². The summed E-state index contributed by atoms with van der Waals surface area (Å²) in [5, 5.41) is 3.02.